The molecular weight excluding hydrogens is 410 g/mol. The lowest BCUT2D eigenvalue weighted by Crippen LogP contribution is -2.36. The van der Waals surface area contributed by atoms with E-state index in [1.165, 1.54) is 13.3 Å². The summed E-state index contributed by atoms with van der Waals surface area (Å²) in [5.74, 6) is 0.915. The van der Waals surface area contributed by atoms with Gasteiger partial charge in [0.2, 0.25) is 5.88 Å². The van der Waals surface area contributed by atoms with Gasteiger partial charge < -0.3 is 23.7 Å². The summed E-state index contributed by atoms with van der Waals surface area (Å²) in [7, 11) is 1.36. The highest BCUT2D eigenvalue weighted by molar-refractivity contribution is 5.95. The number of carbonyl (C=O) groups excluding carboxylic acids is 1. The number of pyridine rings is 2. The third kappa shape index (κ3) is 4.25. The number of hydrogen-bond acceptors (Lipinski definition) is 8. The molecule has 1 aliphatic heterocycles. The van der Waals surface area contributed by atoms with E-state index in [1.54, 1.807) is 6.07 Å². The average Bonchev–Trinajstić information content (AvgIpc) is 3.39. The molecule has 0 bridgehead atoms. The van der Waals surface area contributed by atoms with Gasteiger partial charge in [-0.2, -0.15) is 4.98 Å². The Morgan fingerprint density at radius 3 is 2.69 bits per heavy atom. The Morgan fingerprint density at radius 2 is 1.97 bits per heavy atom. The van der Waals surface area contributed by atoms with Gasteiger partial charge in [-0.05, 0) is 31.7 Å². The van der Waals surface area contributed by atoms with Crippen LogP contribution in [0.1, 0.15) is 42.1 Å². The van der Waals surface area contributed by atoms with Crippen molar-refractivity contribution >= 4 is 22.7 Å². The molecule has 9 nitrogen and oxygen atoms in total. The molecule has 1 aliphatic carbocycles. The molecule has 0 aromatic carbocycles. The van der Waals surface area contributed by atoms with Crippen molar-refractivity contribution in [3.8, 4) is 5.88 Å². The van der Waals surface area contributed by atoms with Crippen LogP contribution < -0.4 is 9.64 Å². The fourth-order valence-electron chi connectivity index (χ4n) is 4.46. The summed E-state index contributed by atoms with van der Waals surface area (Å²) < 4.78 is 19.0. The highest BCUT2D eigenvalue weighted by Crippen LogP contribution is 2.34. The fraction of sp³-hybridized carbons (Fsp3) is 0.478. The summed E-state index contributed by atoms with van der Waals surface area (Å²) >= 11 is 0. The van der Waals surface area contributed by atoms with E-state index in [2.05, 4.69) is 19.4 Å². The maximum Gasteiger partial charge on any atom is 0.339 e. The number of methoxy groups -OCH3 is 1. The number of anilines is 1. The van der Waals surface area contributed by atoms with E-state index in [0.717, 1.165) is 55.5 Å². The molecule has 0 N–H and O–H groups in total. The topological polar surface area (TPSA) is 91.6 Å². The highest BCUT2D eigenvalue weighted by atomic mass is 16.5. The summed E-state index contributed by atoms with van der Waals surface area (Å²) in [6.45, 7) is 2.88. The number of esters is 1. The number of fused-ring (bicyclic) bond motifs is 1. The van der Waals surface area contributed by atoms with E-state index in [1.807, 2.05) is 24.8 Å². The van der Waals surface area contributed by atoms with Crippen LogP contribution in [0.25, 0.3) is 10.9 Å². The summed E-state index contributed by atoms with van der Waals surface area (Å²) in [5, 5.41) is 0.724. The van der Waals surface area contributed by atoms with Crippen molar-refractivity contribution in [3.05, 3.63) is 42.6 Å². The number of aromatic nitrogens is 4. The monoisotopic (exact) mass is 437 g/mol. The van der Waals surface area contributed by atoms with E-state index in [-0.39, 0.29) is 6.10 Å². The second-order valence-electron chi connectivity index (χ2n) is 8.23. The normalized spacial score (nSPS) is 21.5. The van der Waals surface area contributed by atoms with Crippen LogP contribution in [-0.2, 0) is 9.47 Å². The highest BCUT2D eigenvalue weighted by Gasteiger charge is 2.25. The first-order valence-corrected chi connectivity index (χ1v) is 11.1. The number of nitrogens with zero attached hydrogens (tertiary/aromatic N) is 5. The molecule has 0 spiro atoms. The second kappa shape index (κ2) is 9.12. The molecule has 0 amide bonds. The second-order valence-corrected chi connectivity index (χ2v) is 8.23. The van der Waals surface area contributed by atoms with E-state index >= 15 is 0 Å². The number of hydrogen-bond donors (Lipinski definition) is 0. The predicted octanol–water partition coefficient (Wildman–Crippen LogP) is 3.01. The standard InChI is InChI=1S/C23H27N5O4/c1-30-23(29)16-12-19-20(25-14-16)13-21(27-8-10-31-11-9-27)26-22(19)32-18-4-2-17(3-5-18)28-7-6-24-15-28/h6-7,12-15,17-18H,2-5,8-11H2,1H3. The van der Waals surface area contributed by atoms with Crippen molar-refractivity contribution in [2.75, 3.05) is 38.3 Å². The molecule has 2 fully saturated rings. The Hall–Kier alpha value is -3.20. The Bertz CT molecular complexity index is 1070. The third-order valence-corrected chi connectivity index (χ3v) is 6.26. The molecule has 5 rings (SSSR count). The number of carbonyl (C=O) groups is 1. The fourth-order valence-corrected chi connectivity index (χ4v) is 4.46. The first kappa shape index (κ1) is 20.7. The van der Waals surface area contributed by atoms with Gasteiger partial charge >= 0.3 is 5.97 Å². The number of imidazole rings is 1. The van der Waals surface area contributed by atoms with Gasteiger partial charge in [-0.25, -0.2) is 9.78 Å². The van der Waals surface area contributed by atoms with Crippen molar-refractivity contribution in [1.29, 1.82) is 0 Å². The van der Waals surface area contributed by atoms with Gasteiger partial charge in [-0.15, -0.1) is 0 Å². The van der Waals surface area contributed by atoms with Gasteiger partial charge in [0.05, 0.1) is 43.1 Å². The van der Waals surface area contributed by atoms with Crippen molar-refractivity contribution < 1.29 is 19.0 Å². The van der Waals surface area contributed by atoms with Crippen molar-refractivity contribution in [1.82, 2.24) is 19.5 Å². The number of rotatable bonds is 5. The molecular formula is C23H27N5O4. The average molecular weight is 438 g/mol. The van der Waals surface area contributed by atoms with Crippen LogP contribution in [0.3, 0.4) is 0 Å². The molecule has 0 atom stereocenters. The van der Waals surface area contributed by atoms with Crippen LogP contribution in [-0.4, -0.2) is 65.0 Å². The molecule has 1 saturated carbocycles. The lowest BCUT2D eigenvalue weighted by atomic mass is 9.93. The minimum Gasteiger partial charge on any atom is -0.474 e. The van der Waals surface area contributed by atoms with Crippen molar-refractivity contribution in [3.63, 3.8) is 0 Å². The zero-order valence-electron chi connectivity index (χ0n) is 18.1. The van der Waals surface area contributed by atoms with E-state index in [4.69, 9.17) is 19.2 Å². The van der Waals surface area contributed by atoms with Gasteiger partial charge in [0.1, 0.15) is 11.9 Å². The molecule has 1 saturated heterocycles. The number of ether oxygens (including phenoxy) is 3. The molecule has 3 aromatic heterocycles. The zero-order chi connectivity index (χ0) is 21.9. The Morgan fingerprint density at radius 1 is 1.16 bits per heavy atom. The lowest BCUT2D eigenvalue weighted by molar-refractivity contribution is 0.0600. The van der Waals surface area contributed by atoms with Crippen LogP contribution in [0.2, 0.25) is 0 Å². The summed E-state index contributed by atoms with van der Waals surface area (Å²) in [6, 6.07) is 4.16. The van der Waals surface area contributed by atoms with Crippen LogP contribution in [0.15, 0.2) is 37.1 Å². The van der Waals surface area contributed by atoms with Crippen molar-refractivity contribution in [2.45, 2.75) is 37.8 Å². The predicted molar refractivity (Wildman–Crippen MR) is 118 cm³/mol. The van der Waals surface area contributed by atoms with Crippen LogP contribution >= 0.6 is 0 Å². The maximum absolute atomic E-state index is 12.1. The number of morpholine rings is 1. The van der Waals surface area contributed by atoms with Crippen LogP contribution in [0.5, 0.6) is 5.88 Å². The minimum absolute atomic E-state index is 0.0622. The Kier molecular flexibility index (Phi) is 5.89. The minimum atomic E-state index is -0.427. The molecule has 0 unspecified atom stereocenters. The van der Waals surface area contributed by atoms with Gasteiger partial charge in [0, 0.05) is 43.8 Å². The molecule has 32 heavy (non-hydrogen) atoms. The third-order valence-electron chi connectivity index (χ3n) is 6.26. The SMILES string of the molecule is COC(=O)c1cnc2cc(N3CCOCC3)nc(OC3CCC(n4ccnc4)CC3)c2c1. The zero-order valence-corrected chi connectivity index (χ0v) is 18.1. The lowest BCUT2D eigenvalue weighted by Gasteiger charge is -2.31. The summed E-state index contributed by atoms with van der Waals surface area (Å²) in [6.07, 6.45) is 11.2. The van der Waals surface area contributed by atoms with E-state index in [0.29, 0.717) is 30.7 Å². The molecule has 2 aliphatic rings. The van der Waals surface area contributed by atoms with Crippen LogP contribution in [0, 0.1) is 0 Å². The van der Waals surface area contributed by atoms with Gasteiger partial charge in [0.15, 0.2) is 0 Å². The maximum atomic E-state index is 12.1. The Labute approximate surface area is 186 Å². The molecule has 168 valence electrons. The van der Waals surface area contributed by atoms with Crippen molar-refractivity contribution in [2.24, 2.45) is 0 Å². The largest absolute Gasteiger partial charge is 0.474 e. The van der Waals surface area contributed by atoms with Gasteiger partial charge in [-0.1, -0.05) is 0 Å². The van der Waals surface area contributed by atoms with Crippen LogP contribution in [0.4, 0.5) is 5.82 Å². The molecule has 0 radical (unpaired) electrons. The summed E-state index contributed by atoms with van der Waals surface area (Å²) in [4.78, 5) is 27.8. The summed E-state index contributed by atoms with van der Waals surface area (Å²) in [5.41, 5.74) is 1.13. The van der Waals surface area contributed by atoms with E-state index < -0.39 is 5.97 Å². The smallest absolute Gasteiger partial charge is 0.339 e. The molecule has 4 heterocycles. The van der Waals surface area contributed by atoms with Gasteiger partial charge in [-0.3, -0.25) is 4.98 Å². The Balaban J connectivity index is 1.42. The van der Waals surface area contributed by atoms with Gasteiger partial charge in [0.25, 0.3) is 0 Å². The molecule has 9 heteroatoms. The van der Waals surface area contributed by atoms with E-state index in [9.17, 15) is 4.79 Å². The molecule has 3 aromatic rings. The quantitative estimate of drug-likeness (QED) is 0.563. The first-order valence-electron chi connectivity index (χ1n) is 11.1. The first-order chi connectivity index (χ1) is 15.7.